The zero-order valence-corrected chi connectivity index (χ0v) is 15.1. The van der Waals surface area contributed by atoms with Gasteiger partial charge in [0.2, 0.25) is 0 Å². The van der Waals surface area contributed by atoms with Gasteiger partial charge in [-0.2, -0.15) is 0 Å². The Labute approximate surface area is 149 Å². The summed E-state index contributed by atoms with van der Waals surface area (Å²) in [7, 11) is 0. The maximum Gasteiger partial charge on any atom is 0.177 e. The van der Waals surface area contributed by atoms with Gasteiger partial charge < -0.3 is 14.8 Å². The van der Waals surface area contributed by atoms with E-state index in [0.29, 0.717) is 13.2 Å². The molecule has 0 saturated carbocycles. The van der Waals surface area contributed by atoms with Gasteiger partial charge in [0.05, 0.1) is 19.3 Å². The molecule has 1 saturated heterocycles. The largest absolute Gasteiger partial charge is 0.349 e. The molecule has 1 heterocycles. The maximum atomic E-state index is 13.2. The van der Waals surface area contributed by atoms with Crippen LogP contribution < -0.4 is 5.32 Å². The van der Waals surface area contributed by atoms with Crippen LogP contribution in [-0.2, 0) is 21.5 Å². The average Bonchev–Trinajstić information content (AvgIpc) is 2.60. The molecule has 0 unspecified atom stereocenters. The van der Waals surface area contributed by atoms with Gasteiger partial charge in [-0.05, 0) is 34.2 Å². The molecule has 0 amide bonds. The van der Waals surface area contributed by atoms with Gasteiger partial charge in [-0.1, -0.05) is 57.2 Å². The smallest absolute Gasteiger partial charge is 0.177 e. The molecule has 2 aromatic rings. The Morgan fingerprint density at radius 3 is 2.64 bits per heavy atom. The highest BCUT2D eigenvalue weighted by molar-refractivity contribution is 5.28. The molecule has 1 fully saturated rings. The molecule has 3 nitrogen and oxygen atoms in total. The van der Waals surface area contributed by atoms with Gasteiger partial charge in [-0.3, -0.25) is 0 Å². The van der Waals surface area contributed by atoms with E-state index < -0.39 is 6.29 Å². The zero-order chi connectivity index (χ0) is 17.9. The predicted octanol–water partition coefficient (Wildman–Crippen LogP) is 4.33. The molecular formula is C21H26FNO2. The van der Waals surface area contributed by atoms with Crippen molar-refractivity contribution in [2.75, 3.05) is 13.2 Å². The summed E-state index contributed by atoms with van der Waals surface area (Å²) in [6.07, 6.45) is -0.391. The Morgan fingerprint density at radius 1 is 1.16 bits per heavy atom. The fraction of sp³-hybridized carbons (Fsp3) is 0.429. The lowest BCUT2D eigenvalue weighted by atomic mass is 9.86. The van der Waals surface area contributed by atoms with Crippen molar-refractivity contribution in [2.24, 2.45) is 0 Å². The number of nitrogens with one attached hydrogen (secondary N) is 1. The Bertz CT molecular complexity index is 694. The molecule has 0 bridgehead atoms. The second-order valence-electron chi connectivity index (χ2n) is 7.48. The van der Waals surface area contributed by atoms with Crippen molar-refractivity contribution >= 4 is 0 Å². The molecule has 2 aromatic carbocycles. The van der Waals surface area contributed by atoms with Crippen LogP contribution in [0.2, 0.25) is 0 Å². The van der Waals surface area contributed by atoms with E-state index in [-0.39, 0.29) is 17.3 Å². The van der Waals surface area contributed by atoms with Crippen LogP contribution in [0.1, 0.15) is 43.5 Å². The Balaban J connectivity index is 1.69. The fourth-order valence-corrected chi connectivity index (χ4v) is 2.98. The van der Waals surface area contributed by atoms with Gasteiger partial charge in [0.15, 0.2) is 6.29 Å². The summed E-state index contributed by atoms with van der Waals surface area (Å²) in [5, 5.41) is 3.40. The fourth-order valence-electron chi connectivity index (χ4n) is 2.98. The van der Waals surface area contributed by atoms with E-state index in [1.807, 2.05) is 0 Å². The molecule has 0 aromatic heterocycles. The Kier molecular flexibility index (Phi) is 5.52. The normalized spacial score (nSPS) is 21.3. The van der Waals surface area contributed by atoms with Crippen LogP contribution in [-0.4, -0.2) is 19.4 Å². The Morgan fingerprint density at radius 2 is 1.92 bits per heavy atom. The van der Waals surface area contributed by atoms with E-state index in [2.05, 4.69) is 50.4 Å². The maximum absolute atomic E-state index is 13.2. The molecule has 2 atom stereocenters. The zero-order valence-electron chi connectivity index (χ0n) is 15.1. The number of hydrogen-bond donors (Lipinski definition) is 1. The van der Waals surface area contributed by atoms with Crippen LogP contribution in [0, 0.1) is 5.82 Å². The van der Waals surface area contributed by atoms with Crippen molar-refractivity contribution in [2.45, 2.75) is 45.1 Å². The van der Waals surface area contributed by atoms with Crippen LogP contribution in [0.5, 0.6) is 0 Å². The minimum Gasteiger partial charge on any atom is -0.349 e. The molecular weight excluding hydrogens is 317 g/mol. The van der Waals surface area contributed by atoms with E-state index in [0.717, 1.165) is 17.7 Å². The molecule has 1 N–H and O–H groups in total. The highest BCUT2D eigenvalue weighted by atomic mass is 19.1. The molecule has 1 aliphatic heterocycles. The van der Waals surface area contributed by atoms with Gasteiger partial charge >= 0.3 is 0 Å². The second-order valence-corrected chi connectivity index (χ2v) is 7.48. The van der Waals surface area contributed by atoms with E-state index >= 15 is 0 Å². The van der Waals surface area contributed by atoms with E-state index in [1.165, 1.54) is 17.7 Å². The minimum absolute atomic E-state index is 0.0971. The van der Waals surface area contributed by atoms with Gasteiger partial charge in [0.1, 0.15) is 5.82 Å². The summed E-state index contributed by atoms with van der Waals surface area (Å²) < 4.78 is 25.0. The van der Waals surface area contributed by atoms with E-state index in [1.54, 1.807) is 12.1 Å². The van der Waals surface area contributed by atoms with Gasteiger partial charge in [0.25, 0.3) is 0 Å². The first-order valence-corrected chi connectivity index (χ1v) is 8.75. The second kappa shape index (κ2) is 7.65. The monoisotopic (exact) mass is 343 g/mol. The lowest BCUT2D eigenvalue weighted by molar-refractivity contribution is -0.183. The summed E-state index contributed by atoms with van der Waals surface area (Å²) >= 11 is 0. The first-order chi connectivity index (χ1) is 11.9. The molecule has 4 heteroatoms. The molecule has 0 radical (unpaired) electrons. The quantitative estimate of drug-likeness (QED) is 0.896. The first kappa shape index (κ1) is 18.1. The van der Waals surface area contributed by atoms with Crippen LogP contribution in [0.25, 0.3) is 0 Å². The summed E-state index contributed by atoms with van der Waals surface area (Å²) in [5.74, 6) is -0.239. The minimum atomic E-state index is -0.391. The highest BCUT2D eigenvalue weighted by Gasteiger charge is 2.28. The molecule has 134 valence electrons. The SMILES string of the molecule is CC(C)(C)c1cccc(CO[C@H]2OCCN[C@H]2c2ccc(F)cc2)c1. The highest BCUT2D eigenvalue weighted by Crippen LogP contribution is 2.26. The van der Waals surface area contributed by atoms with Crippen molar-refractivity contribution in [1.29, 1.82) is 0 Å². The standard InChI is InChI=1S/C21H26FNO2/c1-21(2,3)17-6-4-5-15(13-17)14-25-20-19(23-11-12-24-20)16-7-9-18(22)10-8-16/h4-10,13,19-20,23H,11-12,14H2,1-3H3/t19-,20+/m0/s1. The third-order valence-corrected chi connectivity index (χ3v) is 4.46. The predicted molar refractivity (Wildman–Crippen MR) is 96.8 cm³/mol. The van der Waals surface area contributed by atoms with Crippen molar-refractivity contribution in [1.82, 2.24) is 5.32 Å². The number of benzene rings is 2. The van der Waals surface area contributed by atoms with Crippen molar-refractivity contribution in [3.63, 3.8) is 0 Å². The summed E-state index contributed by atoms with van der Waals surface area (Å²) in [4.78, 5) is 0. The molecule has 1 aliphatic rings. The van der Waals surface area contributed by atoms with Crippen LogP contribution in [0.3, 0.4) is 0 Å². The van der Waals surface area contributed by atoms with Crippen LogP contribution in [0.4, 0.5) is 4.39 Å². The summed E-state index contributed by atoms with van der Waals surface area (Å²) in [6.45, 7) is 8.43. The van der Waals surface area contributed by atoms with Gasteiger partial charge in [-0.15, -0.1) is 0 Å². The lowest BCUT2D eigenvalue weighted by Gasteiger charge is -2.33. The number of rotatable bonds is 4. The van der Waals surface area contributed by atoms with Gasteiger partial charge in [0, 0.05) is 6.54 Å². The number of morpholine rings is 1. The third-order valence-electron chi connectivity index (χ3n) is 4.46. The van der Waals surface area contributed by atoms with Gasteiger partial charge in [-0.25, -0.2) is 4.39 Å². The van der Waals surface area contributed by atoms with Crippen molar-refractivity contribution in [3.05, 3.63) is 71.0 Å². The first-order valence-electron chi connectivity index (χ1n) is 8.75. The summed E-state index contributed by atoms with van der Waals surface area (Å²) in [6, 6.07) is 14.9. The average molecular weight is 343 g/mol. The molecule has 0 spiro atoms. The number of ether oxygens (including phenoxy) is 2. The van der Waals surface area contributed by atoms with Crippen LogP contribution >= 0.6 is 0 Å². The van der Waals surface area contributed by atoms with E-state index in [9.17, 15) is 4.39 Å². The molecule has 25 heavy (non-hydrogen) atoms. The number of halogens is 1. The number of hydrogen-bond acceptors (Lipinski definition) is 3. The van der Waals surface area contributed by atoms with Crippen molar-refractivity contribution < 1.29 is 13.9 Å². The third kappa shape index (κ3) is 4.66. The van der Waals surface area contributed by atoms with Crippen LogP contribution in [0.15, 0.2) is 48.5 Å². The Hall–Kier alpha value is -1.75. The topological polar surface area (TPSA) is 30.5 Å². The van der Waals surface area contributed by atoms with E-state index in [4.69, 9.17) is 9.47 Å². The summed E-state index contributed by atoms with van der Waals surface area (Å²) in [5.41, 5.74) is 3.48. The lowest BCUT2D eigenvalue weighted by Crippen LogP contribution is -2.43. The molecule has 0 aliphatic carbocycles. The van der Waals surface area contributed by atoms with Crippen molar-refractivity contribution in [3.8, 4) is 0 Å². The molecule has 3 rings (SSSR count).